The molecule has 0 fully saturated rings. The van der Waals surface area contributed by atoms with Crippen molar-refractivity contribution in [2.75, 3.05) is 12.4 Å². The van der Waals surface area contributed by atoms with Gasteiger partial charge in [-0.25, -0.2) is 4.79 Å². The van der Waals surface area contributed by atoms with Crippen LogP contribution < -0.4 is 14.2 Å². The molecular formula is C24H18N2O7S. The Morgan fingerprint density at radius 1 is 1.00 bits per heavy atom. The van der Waals surface area contributed by atoms with Gasteiger partial charge in [0.1, 0.15) is 28.0 Å². The number of hydrogen-bond acceptors (Lipinski definition) is 7. The van der Waals surface area contributed by atoms with Gasteiger partial charge in [-0.05, 0) is 72.3 Å². The third kappa shape index (κ3) is 5.99. The molecule has 0 aliphatic rings. The standard InChI is InChI=1S/C24H18N2O7S/c1-32-20-9-11-22(12-10-20)34(30,31)33-21-4-2-3-16(14-21)13-18(15-25)23(27)26-19-7-5-17(6-8-19)24(28)29/h2-14H,1H3,(H,26,27)(H,28,29)/b18-13+. The molecule has 0 spiro atoms. The molecule has 3 rings (SSSR count). The van der Waals surface area contributed by atoms with Crippen LogP contribution >= 0.6 is 0 Å². The van der Waals surface area contributed by atoms with Crippen molar-refractivity contribution in [1.29, 1.82) is 5.26 Å². The van der Waals surface area contributed by atoms with E-state index in [4.69, 9.17) is 14.0 Å². The summed E-state index contributed by atoms with van der Waals surface area (Å²) in [7, 11) is -2.66. The third-order valence-electron chi connectivity index (χ3n) is 4.48. The molecule has 1 amide bonds. The molecule has 2 N–H and O–H groups in total. The molecule has 34 heavy (non-hydrogen) atoms. The SMILES string of the molecule is COc1ccc(S(=O)(=O)Oc2cccc(/C=C(\C#N)C(=O)Nc3ccc(C(=O)O)cc3)c2)cc1. The lowest BCUT2D eigenvalue weighted by atomic mass is 10.1. The summed E-state index contributed by atoms with van der Waals surface area (Å²) in [5.74, 6) is -1.34. The first-order valence-corrected chi connectivity index (χ1v) is 11.1. The molecule has 10 heteroatoms. The molecule has 0 atom stereocenters. The van der Waals surface area contributed by atoms with Crippen LogP contribution in [0, 0.1) is 11.3 Å². The summed E-state index contributed by atoms with van der Waals surface area (Å²) >= 11 is 0. The Balaban J connectivity index is 1.77. The first-order chi connectivity index (χ1) is 16.2. The van der Waals surface area contributed by atoms with E-state index in [0.29, 0.717) is 17.0 Å². The zero-order chi connectivity index (χ0) is 24.7. The lowest BCUT2D eigenvalue weighted by Crippen LogP contribution is -2.13. The summed E-state index contributed by atoms with van der Waals surface area (Å²) in [5, 5.41) is 20.8. The van der Waals surface area contributed by atoms with Crippen LogP contribution in [-0.2, 0) is 14.9 Å². The van der Waals surface area contributed by atoms with E-state index in [1.807, 2.05) is 0 Å². The molecule has 0 saturated carbocycles. The molecule has 0 heterocycles. The first-order valence-electron chi connectivity index (χ1n) is 9.67. The van der Waals surface area contributed by atoms with Crippen molar-refractivity contribution < 1.29 is 32.0 Å². The fourth-order valence-corrected chi connectivity index (χ4v) is 3.71. The summed E-state index contributed by atoms with van der Waals surface area (Å²) in [6.07, 6.45) is 1.27. The summed E-state index contributed by atoms with van der Waals surface area (Å²) < 4.78 is 35.3. The van der Waals surface area contributed by atoms with E-state index < -0.39 is 22.0 Å². The van der Waals surface area contributed by atoms with Crippen LogP contribution in [-0.4, -0.2) is 32.5 Å². The maximum Gasteiger partial charge on any atom is 0.339 e. The van der Waals surface area contributed by atoms with Crippen molar-refractivity contribution in [3.05, 3.63) is 89.5 Å². The number of nitrogens with one attached hydrogen (secondary N) is 1. The van der Waals surface area contributed by atoms with Crippen molar-refractivity contribution in [1.82, 2.24) is 0 Å². The zero-order valence-corrected chi connectivity index (χ0v) is 18.6. The second-order valence-corrected chi connectivity index (χ2v) is 8.34. The Labute approximate surface area is 195 Å². The van der Waals surface area contributed by atoms with Crippen molar-refractivity contribution in [3.63, 3.8) is 0 Å². The van der Waals surface area contributed by atoms with Crippen LogP contribution in [0.25, 0.3) is 6.08 Å². The maximum absolute atomic E-state index is 12.5. The Kier molecular flexibility index (Phi) is 7.30. The number of nitriles is 1. The number of aromatic carboxylic acids is 1. The molecule has 0 unspecified atom stereocenters. The quantitative estimate of drug-likeness (QED) is 0.283. The largest absolute Gasteiger partial charge is 0.497 e. The Morgan fingerprint density at radius 2 is 1.68 bits per heavy atom. The van der Waals surface area contributed by atoms with E-state index >= 15 is 0 Å². The van der Waals surface area contributed by atoms with Gasteiger partial charge in [0.15, 0.2) is 0 Å². The Bertz CT molecular complexity index is 1390. The van der Waals surface area contributed by atoms with E-state index in [2.05, 4.69) is 5.32 Å². The maximum atomic E-state index is 12.5. The predicted molar refractivity (Wildman–Crippen MR) is 123 cm³/mol. The second-order valence-electron chi connectivity index (χ2n) is 6.79. The predicted octanol–water partition coefficient (Wildman–Crippen LogP) is 3.71. The first kappa shape index (κ1) is 24.0. The van der Waals surface area contributed by atoms with Crippen molar-refractivity contribution in [2.45, 2.75) is 4.90 Å². The highest BCUT2D eigenvalue weighted by Crippen LogP contribution is 2.23. The molecule has 3 aromatic rings. The van der Waals surface area contributed by atoms with Gasteiger partial charge in [-0.3, -0.25) is 4.79 Å². The number of methoxy groups -OCH3 is 1. The van der Waals surface area contributed by atoms with Gasteiger partial charge < -0.3 is 19.3 Å². The minimum Gasteiger partial charge on any atom is -0.497 e. The van der Waals surface area contributed by atoms with Gasteiger partial charge in [-0.15, -0.1) is 0 Å². The van der Waals surface area contributed by atoms with Gasteiger partial charge in [0.05, 0.1) is 12.7 Å². The van der Waals surface area contributed by atoms with E-state index in [0.717, 1.165) is 0 Å². The number of amides is 1. The van der Waals surface area contributed by atoms with Gasteiger partial charge in [-0.2, -0.15) is 13.7 Å². The smallest absolute Gasteiger partial charge is 0.339 e. The monoisotopic (exact) mass is 478 g/mol. The lowest BCUT2D eigenvalue weighted by molar-refractivity contribution is -0.112. The number of anilines is 1. The molecule has 172 valence electrons. The fraction of sp³-hybridized carbons (Fsp3) is 0.0417. The molecule has 3 aromatic carbocycles. The minimum absolute atomic E-state index is 0.00785. The normalized spacial score (nSPS) is 11.2. The number of nitrogens with zero attached hydrogens (tertiary/aromatic N) is 1. The van der Waals surface area contributed by atoms with Crippen LogP contribution in [0.3, 0.4) is 0 Å². The summed E-state index contributed by atoms with van der Waals surface area (Å²) in [6, 6.07) is 18.8. The Hall–Kier alpha value is -4.62. The number of carbonyl (C=O) groups is 2. The van der Waals surface area contributed by atoms with Gasteiger partial charge in [-0.1, -0.05) is 12.1 Å². The summed E-state index contributed by atoms with van der Waals surface area (Å²) in [6.45, 7) is 0. The molecule has 0 aliphatic heterocycles. The highest BCUT2D eigenvalue weighted by atomic mass is 32.2. The molecule has 9 nitrogen and oxygen atoms in total. The molecule has 0 radical (unpaired) electrons. The number of carbonyl (C=O) groups excluding carboxylic acids is 1. The number of carboxylic acids is 1. The molecular weight excluding hydrogens is 460 g/mol. The number of benzene rings is 3. The van der Waals surface area contributed by atoms with Crippen LogP contribution in [0.15, 0.2) is 83.3 Å². The second kappa shape index (κ2) is 10.3. The van der Waals surface area contributed by atoms with Crippen LogP contribution in [0.5, 0.6) is 11.5 Å². The van der Waals surface area contributed by atoms with Crippen molar-refractivity contribution in [2.24, 2.45) is 0 Å². The van der Waals surface area contributed by atoms with Crippen LogP contribution in [0.1, 0.15) is 15.9 Å². The molecule has 0 aromatic heterocycles. The van der Waals surface area contributed by atoms with Gasteiger partial charge >= 0.3 is 16.1 Å². The van der Waals surface area contributed by atoms with Crippen LogP contribution in [0.4, 0.5) is 5.69 Å². The van der Waals surface area contributed by atoms with E-state index in [1.54, 1.807) is 12.1 Å². The average Bonchev–Trinajstić information content (AvgIpc) is 2.82. The molecule has 0 saturated heterocycles. The summed E-state index contributed by atoms with van der Waals surface area (Å²) in [4.78, 5) is 23.3. The van der Waals surface area contributed by atoms with Gasteiger partial charge in [0.2, 0.25) is 0 Å². The molecule has 0 bridgehead atoms. The topological polar surface area (TPSA) is 143 Å². The Morgan fingerprint density at radius 3 is 2.26 bits per heavy atom. The highest BCUT2D eigenvalue weighted by molar-refractivity contribution is 7.87. The van der Waals surface area contributed by atoms with E-state index in [1.165, 1.54) is 79.9 Å². The number of rotatable bonds is 8. The zero-order valence-electron chi connectivity index (χ0n) is 17.8. The van der Waals surface area contributed by atoms with E-state index in [9.17, 15) is 23.3 Å². The summed E-state index contributed by atoms with van der Waals surface area (Å²) in [5.41, 5.74) is 0.460. The lowest BCUT2D eigenvalue weighted by Gasteiger charge is -2.09. The fourth-order valence-electron chi connectivity index (χ4n) is 2.78. The number of carboxylic acid groups (broad SMARTS) is 1. The van der Waals surface area contributed by atoms with Crippen LogP contribution in [0.2, 0.25) is 0 Å². The van der Waals surface area contributed by atoms with E-state index in [-0.39, 0.29) is 21.8 Å². The highest BCUT2D eigenvalue weighted by Gasteiger charge is 2.17. The number of hydrogen-bond donors (Lipinski definition) is 2. The van der Waals surface area contributed by atoms with Gasteiger partial charge in [0.25, 0.3) is 5.91 Å². The minimum atomic E-state index is -4.12. The average molecular weight is 478 g/mol. The third-order valence-corrected chi connectivity index (χ3v) is 5.74. The number of ether oxygens (including phenoxy) is 1. The van der Waals surface area contributed by atoms with Crippen molar-refractivity contribution in [3.8, 4) is 17.6 Å². The molecule has 0 aliphatic carbocycles. The van der Waals surface area contributed by atoms with Gasteiger partial charge in [0, 0.05) is 5.69 Å². The van der Waals surface area contributed by atoms with Crippen molar-refractivity contribution >= 4 is 33.8 Å².